The maximum Gasteiger partial charge on any atom is 0.0764 e. The fraction of sp³-hybridized carbons (Fsp3) is 0.786. The summed E-state index contributed by atoms with van der Waals surface area (Å²) in [5.74, 6) is 0. The standard InChI is InChI=1S/C14H25N3O2/c1-19-11-9-16(8-10-18)12-13-6-7-17(15-13)14-4-2-3-5-14/h6-7,14,18H,2-5,8-12H2,1H3. The van der Waals surface area contributed by atoms with Gasteiger partial charge in [0.2, 0.25) is 0 Å². The number of nitrogens with zero attached hydrogens (tertiary/aromatic N) is 3. The average Bonchev–Trinajstić information content (AvgIpc) is 3.06. The van der Waals surface area contributed by atoms with E-state index < -0.39 is 0 Å². The molecule has 1 aromatic heterocycles. The molecule has 0 saturated heterocycles. The van der Waals surface area contributed by atoms with Crippen molar-refractivity contribution < 1.29 is 9.84 Å². The third-order valence-corrected chi connectivity index (χ3v) is 3.78. The minimum Gasteiger partial charge on any atom is -0.395 e. The molecule has 0 aliphatic heterocycles. The molecule has 1 aliphatic carbocycles. The van der Waals surface area contributed by atoms with E-state index in [1.165, 1.54) is 25.7 Å². The number of methoxy groups -OCH3 is 1. The van der Waals surface area contributed by atoms with E-state index in [4.69, 9.17) is 9.84 Å². The Morgan fingerprint density at radius 2 is 2.21 bits per heavy atom. The zero-order valence-electron chi connectivity index (χ0n) is 11.8. The second-order valence-electron chi connectivity index (χ2n) is 5.22. The second kappa shape index (κ2) is 7.62. The summed E-state index contributed by atoms with van der Waals surface area (Å²) in [5.41, 5.74) is 1.08. The molecule has 0 unspecified atom stereocenters. The minimum atomic E-state index is 0.174. The van der Waals surface area contributed by atoms with Gasteiger partial charge in [0.05, 0.1) is 24.9 Å². The summed E-state index contributed by atoms with van der Waals surface area (Å²) in [5, 5.41) is 13.8. The van der Waals surface area contributed by atoms with Crippen LogP contribution in [0.5, 0.6) is 0 Å². The number of hydrogen-bond acceptors (Lipinski definition) is 4. The molecule has 0 radical (unpaired) electrons. The molecule has 1 saturated carbocycles. The van der Waals surface area contributed by atoms with Gasteiger partial charge in [0, 0.05) is 32.9 Å². The monoisotopic (exact) mass is 267 g/mol. The van der Waals surface area contributed by atoms with Crippen LogP contribution < -0.4 is 0 Å². The van der Waals surface area contributed by atoms with Crippen LogP contribution in [0.3, 0.4) is 0 Å². The number of hydrogen-bond donors (Lipinski definition) is 1. The lowest BCUT2D eigenvalue weighted by molar-refractivity contribution is 0.126. The summed E-state index contributed by atoms with van der Waals surface area (Å²) in [6, 6.07) is 2.69. The molecule has 19 heavy (non-hydrogen) atoms. The Hall–Kier alpha value is -0.910. The van der Waals surface area contributed by atoms with Crippen molar-refractivity contribution in [3.63, 3.8) is 0 Å². The molecule has 0 aromatic carbocycles. The summed E-state index contributed by atoms with van der Waals surface area (Å²) in [6.45, 7) is 3.13. The summed E-state index contributed by atoms with van der Waals surface area (Å²) < 4.78 is 7.21. The van der Waals surface area contributed by atoms with E-state index in [9.17, 15) is 0 Å². The number of rotatable bonds is 8. The molecular weight excluding hydrogens is 242 g/mol. The van der Waals surface area contributed by atoms with Crippen LogP contribution in [0, 0.1) is 0 Å². The van der Waals surface area contributed by atoms with Crippen molar-refractivity contribution in [1.29, 1.82) is 0 Å². The molecule has 2 rings (SSSR count). The number of aliphatic hydroxyl groups is 1. The molecule has 1 N–H and O–H groups in total. The van der Waals surface area contributed by atoms with Crippen LogP contribution in [0.4, 0.5) is 0 Å². The van der Waals surface area contributed by atoms with Gasteiger partial charge in [0.1, 0.15) is 0 Å². The summed E-state index contributed by atoms with van der Waals surface area (Å²) in [6.07, 6.45) is 7.25. The molecule has 5 nitrogen and oxygen atoms in total. The van der Waals surface area contributed by atoms with Crippen LogP contribution in [0.1, 0.15) is 37.4 Å². The van der Waals surface area contributed by atoms with Gasteiger partial charge in [-0.1, -0.05) is 12.8 Å². The maximum atomic E-state index is 9.08. The Bertz CT molecular complexity index is 361. The van der Waals surface area contributed by atoms with E-state index in [0.717, 1.165) is 18.8 Å². The molecule has 0 atom stereocenters. The quantitative estimate of drug-likeness (QED) is 0.774. The Morgan fingerprint density at radius 1 is 1.42 bits per heavy atom. The first-order chi connectivity index (χ1) is 9.33. The van der Waals surface area contributed by atoms with Crippen molar-refractivity contribution in [2.24, 2.45) is 0 Å². The summed E-state index contributed by atoms with van der Waals surface area (Å²) in [7, 11) is 1.70. The number of aromatic nitrogens is 2. The van der Waals surface area contributed by atoms with Crippen LogP contribution >= 0.6 is 0 Å². The second-order valence-corrected chi connectivity index (χ2v) is 5.22. The molecule has 1 fully saturated rings. The topological polar surface area (TPSA) is 50.5 Å². The van der Waals surface area contributed by atoms with Gasteiger partial charge in [-0.2, -0.15) is 5.10 Å². The molecule has 108 valence electrons. The van der Waals surface area contributed by atoms with Crippen LogP contribution in [0.25, 0.3) is 0 Å². The highest BCUT2D eigenvalue weighted by atomic mass is 16.5. The summed E-state index contributed by atoms with van der Waals surface area (Å²) in [4.78, 5) is 2.17. The Kier molecular flexibility index (Phi) is 5.82. The molecular formula is C14H25N3O2. The molecule has 5 heteroatoms. The first kappa shape index (κ1) is 14.5. The van der Waals surface area contributed by atoms with Crippen molar-refractivity contribution in [3.05, 3.63) is 18.0 Å². The minimum absolute atomic E-state index is 0.174. The molecule has 1 aromatic rings. The Morgan fingerprint density at radius 3 is 2.89 bits per heavy atom. The van der Waals surface area contributed by atoms with Crippen LogP contribution in [0.15, 0.2) is 12.3 Å². The van der Waals surface area contributed by atoms with Gasteiger partial charge in [0.25, 0.3) is 0 Å². The average molecular weight is 267 g/mol. The highest BCUT2D eigenvalue weighted by molar-refractivity contribution is 5.00. The zero-order chi connectivity index (χ0) is 13.5. The van der Waals surface area contributed by atoms with Crippen LogP contribution in [0.2, 0.25) is 0 Å². The van der Waals surface area contributed by atoms with E-state index >= 15 is 0 Å². The smallest absolute Gasteiger partial charge is 0.0764 e. The van der Waals surface area contributed by atoms with Crippen molar-refractivity contribution >= 4 is 0 Å². The fourth-order valence-corrected chi connectivity index (χ4v) is 2.69. The highest BCUT2D eigenvalue weighted by Gasteiger charge is 2.18. The van der Waals surface area contributed by atoms with E-state index in [2.05, 4.69) is 26.9 Å². The van der Waals surface area contributed by atoms with Crippen LogP contribution in [-0.2, 0) is 11.3 Å². The SMILES string of the molecule is COCCN(CCO)Cc1ccn(C2CCCC2)n1. The first-order valence-corrected chi connectivity index (χ1v) is 7.19. The predicted molar refractivity (Wildman–Crippen MR) is 74.0 cm³/mol. The van der Waals surface area contributed by atoms with Crippen molar-refractivity contribution in [2.75, 3.05) is 33.4 Å². The third kappa shape index (κ3) is 4.30. The number of aliphatic hydroxyl groups excluding tert-OH is 1. The predicted octanol–water partition coefficient (Wildman–Crippen LogP) is 1.44. The van der Waals surface area contributed by atoms with Gasteiger partial charge in [-0.15, -0.1) is 0 Å². The third-order valence-electron chi connectivity index (χ3n) is 3.78. The largest absolute Gasteiger partial charge is 0.395 e. The normalized spacial score (nSPS) is 16.6. The zero-order valence-corrected chi connectivity index (χ0v) is 11.8. The van der Waals surface area contributed by atoms with Crippen molar-refractivity contribution in [1.82, 2.24) is 14.7 Å². The Balaban J connectivity index is 1.89. The van der Waals surface area contributed by atoms with E-state index in [1.807, 2.05) is 0 Å². The van der Waals surface area contributed by atoms with Gasteiger partial charge < -0.3 is 9.84 Å². The van der Waals surface area contributed by atoms with Gasteiger partial charge in [-0.3, -0.25) is 9.58 Å². The Labute approximate surface area is 115 Å². The summed E-state index contributed by atoms with van der Waals surface area (Å²) >= 11 is 0. The molecule has 1 heterocycles. The van der Waals surface area contributed by atoms with Gasteiger partial charge in [-0.05, 0) is 18.9 Å². The van der Waals surface area contributed by atoms with E-state index in [1.54, 1.807) is 7.11 Å². The van der Waals surface area contributed by atoms with E-state index in [-0.39, 0.29) is 6.61 Å². The molecule has 0 amide bonds. The van der Waals surface area contributed by atoms with Crippen molar-refractivity contribution in [3.8, 4) is 0 Å². The number of ether oxygens (including phenoxy) is 1. The van der Waals surface area contributed by atoms with Crippen molar-refractivity contribution in [2.45, 2.75) is 38.3 Å². The highest BCUT2D eigenvalue weighted by Crippen LogP contribution is 2.28. The maximum absolute atomic E-state index is 9.08. The first-order valence-electron chi connectivity index (χ1n) is 7.19. The van der Waals surface area contributed by atoms with Gasteiger partial charge in [0.15, 0.2) is 0 Å². The van der Waals surface area contributed by atoms with E-state index in [0.29, 0.717) is 19.2 Å². The molecule has 1 aliphatic rings. The lowest BCUT2D eigenvalue weighted by atomic mass is 10.3. The molecule has 0 bridgehead atoms. The lowest BCUT2D eigenvalue weighted by Gasteiger charge is -2.19. The fourth-order valence-electron chi connectivity index (χ4n) is 2.69. The lowest BCUT2D eigenvalue weighted by Crippen LogP contribution is -2.30. The van der Waals surface area contributed by atoms with Gasteiger partial charge in [-0.25, -0.2) is 0 Å². The van der Waals surface area contributed by atoms with Gasteiger partial charge >= 0.3 is 0 Å². The van der Waals surface area contributed by atoms with Crippen LogP contribution in [-0.4, -0.2) is 53.2 Å². The molecule has 0 spiro atoms.